The predicted octanol–water partition coefficient (Wildman–Crippen LogP) is 2.03. The minimum atomic E-state index is 0.774. The third-order valence-electron chi connectivity index (χ3n) is 2.61. The molecule has 0 atom stereocenters. The molecule has 0 aliphatic rings. The van der Waals surface area contributed by atoms with Crippen LogP contribution in [0.4, 0.5) is 5.95 Å². The van der Waals surface area contributed by atoms with Crippen LogP contribution in [0, 0.1) is 0 Å². The normalized spacial score (nSPS) is 10.7. The third-order valence-corrected chi connectivity index (χ3v) is 3.25. The Labute approximate surface area is 111 Å². The lowest BCUT2D eigenvalue weighted by Gasteiger charge is -2.08. The number of aryl methyl sites for hydroxylation is 1. The number of methoxy groups -OCH3 is 1. The highest BCUT2D eigenvalue weighted by atomic mass is 32.1. The van der Waals surface area contributed by atoms with Gasteiger partial charge in [0.15, 0.2) is 0 Å². The van der Waals surface area contributed by atoms with Gasteiger partial charge >= 0.3 is 0 Å². The van der Waals surface area contributed by atoms with Gasteiger partial charge in [0.1, 0.15) is 0 Å². The fraction of sp³-hybridized carbons (Fsp3) is 0.500. The van der Waals surface area contributed by atoms with E-state index in [4.69, 9.17) is 4.74 Å². The van der Waals surface area contributed by atoms with E-state index in [0.717, 1.165) is 44.2 Å². The summed E-state index contributed by atoms with van der Waals surface area (Å²) in [6.07, 6.45) is 5.72. The zero-order valence-corrected chi connectivity index (χ0v) is 11.3. The second-order valence-corrected chi connectivity index (χ2v) is 4.67. The molecule has 2 aromatic rings. The number of imidazole rings is 1. The highest BCUT2D eigenvalue weighted by Gasteiger charge is 2.02. The van der Waals surface area contributed by atoms with Crippen molar-refractivity contribution in [1.29, 1.82) is 0 Å². The molecule has 0 aromatic carbocycles. The van der Waals surface area contributed by atoms with Gasteiger partial charge in [-0.1, -0.05) is 0 Å². The topological polar surface area (TPSA) is 52.0 Å². The van der Waals surface area contributed by atoms with Gasteiger partial charge in [0.25, 0.3) is 0 Å². The molecule has 2 aromatic heterocycles. The van der Waals surface area contributed by atoms with Gasteiger partial charge in [0, 0.05) is 51.0 Å². The van der Waals surface area contributed by atoms with Gasteiger partial charge in [-0.2, -0.15) is 0 Å². The molecule has 0 bridgehead atoms. The fourth-order valence-corrected chi connectivity index (χ4v) is 2.29. The van der Waals surface area contributed by atoms with Gasteiger partial charge < -0.3 is 14.6 Å². The van der Waals surface area contributed by atoms with Crippen LogP contribution < -0.4 is 5.32 Å². The van der Waals surface area contributed by atoms with Crippen molar-refractivity contribution >= 4 is 17.3 Å². The lowest BCUT2D eigenvalue weighted by Crippen LogP contribution is -2.11. The van der Waals surface area contributed by atoms with Crippen LogP contribution in [0.5, 0.6) is 0 Å². The average Bonchev–Trinajstić information content (AvgIpc) is 3.02. The molecule has 2 rings (SSSR count). The maximum absolute atomic E-state index is 5.05. The number of nitrogens with zero attached hydrogens (tertiary/aromatic N) is 3. The van der Waals surface area contributed by atoms with Gasteiger partial charge in [-0.3, -0.25) is 0 Å². The molecule has 0 aliphatic carbocycles. The van der Waals surface area contributed by atoms with Gasteiger partial charge in [0.2, 0.25) is 5.95 Å². The van der Waals surface area contributed by atoms with Crippen molar-refractivity contribution in [2.45, 2.75) is 19.4 Å². The Balaban J connectivity index is 1.76. The molecule has 0 saturated carbocycles. The Morgan fingerprint density at radius 2 is 2.39 bits per heavy atom. The fourth-order valence-electron chi connectivity index (χ4n) is 1.70. The maximum Gasteiger partial charge on any atom is 0.202 e. The monoisotopic (exact) mass is 266 g/mol. The summed E-state index contributed by atoms with van der Waals surface area (Å²) in [7, 11) is 1.72. The summed E-state index contributed by atoms with van der Waals surface area (Å²) in [6, 6.07) is 0. The van der Waals surface area contributed by atoms with Crippen molar-refractivity contribution in [2.24, 2.45) is 0 Å². The van der Waals surface area contributed by atoms with Crippen molar-refractivity contribution in [3.63, 3.8) is 0 Å². The minimum Gasteiger partial charge on any atom is -0.385 e. The SMILES string of the molecule is COCCCn1ccnc1NCCc1cscn1. The van der Waals surface area contributed by atoms with E-state index in [1.165, 1.54) is 0 Å². The number of hydrogen-bond donors (Lipinski definition) is 1. The molecule has 0 amide bonds. The molecule has 0 radical (unpaired) electrons. The van der Waals surface area contributed by atoms with Crippen molar-refractivity contribution in [3.8, 4) is 0 Å². The van der Waals surface area contributed by atoms with Crippen LogP contribution >= 0.6 is 11.3 Å². The summed E-state index contributed by atoms with van der Waals surface area (Å²) in [4.78, 5) is 8.56. The van der Waals surface area contributed by atoms with Gasteiger partial charge in [-0.25, -0.2) is 9.97 Å². The first-order valence-electron chi connectivity index (χ1n) is 6.01. The number of thiazole rings is 1. The van der Waals surface area contributed by atoms with Gasteiger partial charge in [0.05, 0.1) is 11.2 Å². The standard InChI is InChI=1S/C12H18N4OS/c1-17-8-2-6-16-7-5-14-12(16)13-4-3-11-9-18-10-15-11/h5,7,9-10H,2-4,6,8H2,1H3,(H,13,14). The first kappa shape index (κ1) is 13.0. The highest BCUT2D eigenvalue weighted by molar-refractivity contribution is 7.07. The van der Waals surface area contributed by atoms with E-state index >= 15 is 0 Å². The molecule has 0 saturated heterocycles. The average molecular weight is 266 g/mol. The molecule has 6 heteroatoms. The number of aromatic nitrogens is 3. The Kier molecular flexibility index (Phi) is 5.16. The van der Waals surface area contributed by atoms with Crippen molar-refractivity contribution < 1.29 is 4.74 Å². The number of nitrogens with one attached hydrogen (secondary N) is 1. The molecule has 0 aliphatic heterocycles. The number of rotatable bonds is 8. The lowest BCUT2D eigenvalue weighted by molar-refractivity contribution is 0.190. The predicted molar refractivity (Wildman–Crippen MR) is 73.0 cm³/mol. The van der Waals surface area contributed by atoms with E-state index in [9.17, 15) is 0 Å². The number of hydrogen-bond acceptors (Lipinski definition) is 5. The Morgan fingerprint density at radius 1 is 1.44 bits per heavy atom. The Morgan fingerprint density at radius 3 is 3.17 bits per heavy atom. The van der Waals surface area contributed by atoms with Crippen LogP contribution in [0.15, 0.2) is 23.3 Å². The second kappa shape index (κ2) is 7.13. The highest BCUT2D eigenvalue weighted by Crippen LogP contribution is 2.07. The van der Waals surface area contributed by atoms with Crippen molar-refractivity contribution in [3.05, 3.63) is 29.0 Å². The van der Waals surface area contributed by atoms with Crippen molar-refractivity contribution in [1.82, 2.24) is 14.5 Å². The van der Waals surface area contributed by atoms with E-state index < -0.39 is 0 Å². The third kappa shape index (κ3) is 3.82. The summed E-state index contributed by atoms with van der Waals surface area (Å²) in [5.41, 5.74) is 2.99. The van der Waals surface area contributed by atoms with Crippen molar-refractivity contribution in [2.75, 3.05) is 25.6 Å². The number of ether oxygens (including phenoxy) is 1. The molecule has 0 spiro atoms. The van der Waals surface area contributed by atoms with Crippen LogP contribution in [0.3, 0.4) is 0 Å². The van der Waals surface area contributed by atoms with Crippen LogP contribution in [-0.2, 0) is 17.7 Å². The van der Waals surface area contributed by atoms with Crippen LogP contribution in [0.25, 0.3) is 0 Å². The smallest absolute Gasteiger partial charge is 0.202 e. The lowest BCUT2D eigenvalue weighted by atomic mass is 10.3. The van der Waals surface area contributed by atoms with Gasteiger partial charge in [-0.05, 0) is 6.42 Å². The zero-order valence-electron chi connectivity index (χ0n) is 10.5. The molecule has 2 heterocycles. The summed E-state index contributed by atoms with van der Waals surface area (Å²) < 4.78 is 7.16. The summed E-state index contributed by atoms with van der Waals surface area (Å²) in [5, 5.41) is 5.41. The zero-order chi connectivity index (χ0) is 12.6. The quantitative estimate of drug-likeness (QED) is 0.743. The second-order valence-electron chi connectivity index (χ2n) is 3.95. The largest absolute Gasteiger partial charge is 0.385 e. The van der Waals surface area contributed by atoms with E-state index in [1.807, 2.05) is 17.9 Å². The van der Waals surface area contributed by atoms with Crippen LogP contribution in [-0.4, -0.2) is 34.8 Å². The molecular formula is C12H18N4OS. The summed E-state index contributed by atoms with van der Waals surface area (Å²) in [6.45, 7) is 2.55. The first-order chi connectivity index (χ1) is 8.90. The van der Waals surface area contributed by atoms with Crippen LogP contribution in [0.2, 0.25) is 0 Å². The van der Waals surface area contributed by atoms with E-state index in [-0.39, 0.29) is 0 Å². The molecule has 98 valence electrons. The minimum absolute atomic E-state index is 0.774. The Hall–Kier alpha value is -1.40. The molecule has 18 heavy (non-hydrogen) atoms. The summed E-state index contributed by atoms with van der Waals surface area (Å²) in [5.74, 6) is 0.918. The maximum atomic E-state index is 5.05. The van der Waals surface area contributed by atoms with E-state index in [2.05, 4.69) is 25.2 Å². The Bertz CT molecular complexity index is 441. The van der Waals surface area contributed by atoms with E-state index in [1.54, 1.807) is 18.4 Å². The molecule has 1 N–H and O–H groups in total. The molecule has 0 unspecified atom stereocenters. The number of anilines is 1. The van der Waals surface area contributed by atoms with Gasteiger partial charge in [-0.15, -0.1) is 11.3 Å². The molecule has 0 fully saturated rings. The van der Waals surface area contributed by atoms with Crippen LogP contribution in [0.1, 0.15) is 12.1 Å². The first-order valence-corrected chi connectivity index (χ1v) is 6.95. The van der Waals surface area contributed by atoms with E-state index in [0.29, 0.717) is 0 Å². The molecular weight excluding hydrogens is 248 g/mol. The molecule has 5 nitrogen and oxygen atoms in total. The summed E-state index contributed by atoms with van der Waals surface area (Å²) >= 11 is 1.63.